The summed E-state index contributed by atoms with van der Waals surface area (Å²) in [6.07, 6.45) is 8.32. The van der Waals surface area contributed by atoms with Crippen LogP contribution >= 0.6 is 0 Å². The summed E-state index contributed by atoms with van der Waals surface area (Å²) in [6.45, 7) is 5.39. The second kappa shape index (κ2) is 11.0. The van der Waals surface area contributed by atoms with E-state index < -0.39 is 0 Å². The lowest BCUT2D eigenvalue weighted by Crippen LogP contribution is -2.10. The molecule has 0 bridgehead atoms. The lowest BCUT2D eigenvalue weighted by atomic mass is 10.1. The minimum Gasteiger partial charge on any atom is -0.498 e. The van der Waals surface area contributed by atoms with Gasteiger partial charge in [-0.2, -0.15) is 0 Å². The van der Waals surface area contributed by atoms with Crippen LogP contribution in [-0.2, 0) is 19.1 Å². The first kappa shape index (κ1) is 19.3. The summed E-state index contributed by atoms with van der Waals surface area (Å²) in [5.74, 6) is 0.661. The van der Waals surface area contributed by atoms with Crippen LogP contribution in [0, 0.1) is 0 Å². The standard InChI is InChI=1S/C17H26O4/c1-6-7-15(12-17(21-5)14(3)20-4)9-11-16(19)10-8-13(2)18/h7,9,11-12,14H,6,8,10H2,1-5H3/b11-9+,15-7-,17-12+. The molecule has 0 radical (unpaired) electrons. The molecule has 4 heteroatoms. The quantitative estimate of drug-likeness (QED) is 0.352. The predicted molar refractivity (Wildman–Crippen MR) is 84.0 cm³/mol. The SMILES string of the molecule is CC/C=C(/C=C/C(=O)CCC(C)=O)\C=C(\OC)C(C)OC. The van der Waals surface area contributed by atoms with Gasteiger partial charge in [-0.3, -0.25) is 4.79 Å². The molecule has 0 rings (SSSR count). The van der Waals surface area contributed by atoms with E-state index in [9.17, 15) is 9.59 Å². The van der Waals surface area contributed by atoms with Crippen molar-refractivity contribution in [3.05, 3.63) is 35.6 Å². The van der Waals surface area contributed by atoms with Gasteiger partial charge in [-0.25, -0.2) is 0 Å². The van der Waals surface area contributed by atoms with Gasteiger partial charge in [0.2, 0.25) is 0 Å². The molecule has 1 atom stereocenters. The van der Waals surface area contributed by atoms with Gasteiger partial charge in [-0.15, -0.1) is 0 Å². The molecule has 0 N–H and O–H groups in total. The summed E-state index contributed by atoms with van der Waals surface area (Å²) >= 11 is 0. The molecule has 0 heterocycles. The molecule has 1 unspecified atom stereocenters. The zero-order chi connectivity index (χ0) is 16.3. The normalized spacial score (nSPS) is 14.3. The average molecular weight is 294 g/mol. The number of hydrogen-bond donors (Lipinski definition) is 0. The number of rotatable bonds is 10. The molecule has 0 aromatic rings. The summed E-state index contributed by atoms with van der Waals surface area (Å²) in [4.78, 5) is 22.5. The van der Waals surface area contributed by atoms with Gasteiger partial charge in [-0.05, 0) is 38.0 Å². The second-order valence-corrected chi connectivity index (χ2v) is 4.74. The number of carbonyl (C=O) groups excluding carboxylic acids is 2. The van der Waals surface area contributed by atoms with E-state index in [1.807, 2.05) is 26.0 Å². The van der Waals surface area contributed by atoms with Gasteiger partial charge < -0.3 is 14.3 Å². The topological polar surface area (TPSA) is 52.6 Å². The van der Waals surface area contributed by atoms with Gasteiger partial charge >= 0.3 is 0 Å². The third kappa shape index (κ3) is 8.97. The number of ketones is 2. The molecule has 0 aromatic carbocycles. The summed E-state index contributed by atoms with van der Waals surface area (Å²) in [6, 6.07) is 0. The molecular weight excluding hydrogens is 268 g/mol. The molecule has 0 fully saturated rings. The Balaban J connectivity index is 4.92. The van der Waals surface area contributed by atoms with Gasteiger partial charge in [-0.1, -0.05) is 19.1 Å². The maximum Gasteiger partial charge on any atom is 0.156 e. The van der Waals surface area contributed by atoms with Gasteiger partial charge in [0, 0.05) is 20.0 Å². The number of ether oxygens (including phenoxy) is 2. The Labute approximate surface area is 127 Å². The molecule has 0 aliphatic carbocycles. The first-order valence-corrected chi connectivity index (χ1v) is 7.13. The van der Waals surface area contributed by atoms with Crippen LogP contribution in [-0.4, -0.2) is 31.9 Å². The Bertz CT molecular complexity index is 430. The first-order chi connectivity index (χ1) is 9.94. The highest BCUT2D eigenvalue weighted by Crippen LogP contribution is 2.12. The largest absolute Gasteiger partial charge is 0.498 e. The number of methoxy groups -OCH3 is 2. The highest BCUT2D eigenvalue weighted by Gasteiger charge is 2.08. The van der Waals surface area contributed by atoms with Crippen molar-refractivity contribution >= 4 is 11.6 Å². The van der Waals surface area contributed by atoms with E-state index >= 15 is 0 Å². The number of Topliss-reactive ketones (excluding diaryl/α,β-unsaturated/α-hetero) is 1. The average Bonchev–Trinajstić information content (AvgIpc) is 2.46. The third-order valence-corrected chi connectivity index (χ3v) is 2.92. The zero-order valence-corrected chi connectivity index (χ0v) is 13.6. The van der Waals surface area contributed by atoms with E-state index in [4.69, 9.17) is 9.47 Å². The maximum absolute atomic E-state index is 11.7. The van der Waals surface area contributed by atoms with Crippen LogP contribution in [0.5, 0.6) is 0 Å². The van der Waals surface area contributed by atoms with Crippen molar-refractivity contribution in [2.75, 3.05) is 14.2 Å². The van der Waals surface area contributed by atoms with Crippen LogP contribution in [0.2, 0.25) is 0 Å². The molecule has 0 spiro atoms. The fourth-order valence-electron chi connectivity index (χ4n) is 1.61. The molecule has 0 saturated heterocycles. The molecule has 21 heavy (non-hydrogen) atoms. The summed E-state index contributed by atoms with van der Waals surface area (Å²) in [5.41, 5.74) is 0.884. The smallest absolute Gasteiger partial charge is 0.156 e. The van der Waals surface area contributed by atoms with Crippen molar-refractivity contribution in [1.29, 1.82) is 0 Å². The van der Waals surface area contributed by atoms with E-state index in [0.29, 0.717) is 5.76 Å². The molecule has 0 amide bonds. The fourth-order valence-corrected chi connectivity index (χ4v) is 1.61. The molecule has 4 nitrogen and oxygen atoms in total. The minimum absolute atomic E-state index is 0.0246. The van der Waals surface area contributed by atoms with Crippen LogP contribution in [0.4, 0.5) is 0 Å². The van der Waals surface area contributed by atoms with Crippen molar-refractivity contribution in [2.45, 2.75) is 46.1 Å². The molecular formula is C17H26O4. The number of carbonyl (C=O) groups is 2. The maximum atomic E-state index is 11.7. The van der Waals surface area contributed by atoms with Crippen LogP contribution < -0.4 is 0 Å². The highest BCUT2D eigenvalue weighted by molar-refractivity contribution is 5.92. The molecule has 0 aromatic heterocycles. The zero-order valence-electron chi connectivity index (χ0n) is 13.6. The summed E-state index contributed by atoms with van der Waals surface area (Å²) < 4.78 is 10.5. The van der Waals surface area contributed by atoms with Gasteiger partial charge in [0.05, 0.1) is 7.11 Å². The Hall–Kier alpha value is -1.68. The Morgan fingerprint density at radius 3 is 2.29 bits per heavy atom. The van der Waals surface area contributed by atoms with Crippen LogP contribution in [0.1, 0.15) is 40.0 Å². The fraction of sp³-hybridized carbons (Fsp3) is 0.529. The van der Waals surface area contributed by atoms with E-state index in [1.54, 1.807) is 20.3 Å². The summed E-state index contributed by atoms with van der Waals surface area (Å²) in [7, 11) is 3.20. The lowest BCUT2D eigenvalue weighted by molar-refractivity contribution is -0.120. The van der Waals surface area contributed by atoms with E-state index in [-0.39, 0.29) is 30.5 Å². The predicted octanol–water partition coefficient (Wildman–Crippen LogP) is 3.38. The Kier molecular flexibility index (Phi) is 10.1. The Morgan fingerprint density at radius 1 is 1.14 bits per heavy atom. The van der Waals surface area contributed by atoms with Crippen LogP contribution in [0.25, 0.3) is 0 Å². The van der Waals surface area contributed by atoms with Crippen molar-refractivity contribution in [3.8, 4) is 0 Å². The van der Waals surface area contributed by atoms with Gasteiger partial charge in [0.1, 0.15) is 17.6 Å². The van der Waals surface area contributed by atoms with E-state index in [2.05, 4.69) is 0 Å². The van der Waals surface area contributed by atoms with Crippen molar-refractivity contribution in [3.63, 3.8) is 0 Å². The lowest BCUT2D eigenvalue weighted by Gasteiger charge is -2.13. The van der Waals surface area contributed by atoms with Crippen LogP contribution in [0.3, 0.4) is 0 Å². The number of hydrogen-bond acceptors (Lipinski definition) is 4. The Morgan fingerprint density at radius 2 is 1.81 bits per heavy atom. The molecule has 0 saturated carbocycles. The first-order valence-electron chi connectivity index (χ1n) is 7.13. The van der Waals surface area contributed by atoms with Crippen molar-refractivity contribution < 1.29 is 19.1 Å². The minimum atomic E-state index is -0.155. The third-order valence-electron chi connectivity index (χ3n) is 2.92. The van der Waals surface area contributed by atoms with Gasteiger partial charge in [0.15, 0.2) is 5.78 Å². The van der Waals surface area contributed by atoms with Gasteiger partial charge in [0.25, 0.3) is 0 Å². The number of allylic oxidation sites excluding steroid dienone is 5. The van der Waals surface area contributed by atoms with E-state index in [0.717, 1.165) is 12.0 Å². The highest BCUT2D eigenvalue weighted by atomic mass is 16.5. The molecule has 0 aliphatic rings. The molecule has 118 valence electrons. The second-order valence-electron chi connectivity index (χ2n) is 4.74. The van der Waals surface area contributed by atoms with E-state index in [1.165, 1.54) is 13.0 Å². The molecule has 0 aliphatic heterocycles. The monoisotopic (exact) mass is 294 g/mol. The van der Waals surface area contributed by atoms with Crippen LogP contribution in [0.15, 0.2) is 35.6 Å². The van der Waals surface area contributed by atoms with Crippen molar-refractivity contribution in [1.82, 2.24) is 0 Å². The summed E-state index contributed by atoms with van der Waals surface area (Å²) in [5, 5.41) is 0. The van der Waals surface area contributed by atoms with Crippen molar-refractivity contribution in [2.24, 2.45) is 0 Å².